The molecule has 0 spiro atoms. The van der Waals surface area contributed by atoms with Crippen molar-refractivity contribution in [2.45, 2.75) is 11.8 Å². The number of sulfonamides is 1. The lowest BCUT2D eigenvalue weighted by molar-refractivity contribution is 0.448. The van der Waals surface area contributed by atoms with Gasteiger partial charge in [0.1, 0.15) is 5.01 Å². The van der Waals surface area contributed by atoms with E-state index >= 15 is 0 Å². The van der Waals surface area contributed by atoms with Gasteiger partial charge in [-0.3, -0.25) is 0 Å². The van der Waals surface area contributed by atoms with Crippen molar-refractivity contribution in [3.05, 3.63) is 35.3 Å². The average molecular weight is 386 g/mol. The molecule has 24 heavy (non-hydrogen) atoms. The van der Waals surface area contributed by atoms with Gasteiger partial charge in [0.15, 0.2) is 0 Å². The third-order valence-corrected chi connectivity index (χ3v) is 7.53. The smallest absolute Gasteiger partial charge is 0.243 e. The minimum atomic E-state index is -3.42. The van der Waals surface area contributed by atoms with Crippen molar-refractivity contribution in [1.82, 2.24) is 14.6 Å². The van der Waals surface area contributed by atoms with E-state index in [0.29, 0.717) is 29.8 Å². The summed E-state index contributed by atoms with van der Waals surface area (Å²) in [5.41, 5.74) is 1.82. The summed E-state index contributed by atoms with van der Waals surface area (Å²) in [5, 5.41) is 6.18. The number of benzene rings is 1. The fourth-order valence-corrected chi connectivity index (χ4v) is 5.83. The molecule has 0 amide bonds. The van der Waals surface area contributed by atoms with Gasteiger partial charge in [-0.15, -0.1) is 23.7 Å². The average Bonchev–Trinajstić information content (AvgIpc) is 3.22. The number of hydrogen-bond donors (Lipinski definition) is 1. The molecule has 2 aliphatic rings. The molecular weight excluding hydrogens is 366 g/mol. The van der Waals surface area contributed by atoms with E-state index in [1.54, 1.807) is 22.5 Å². The number of nitrogens with one attached hydrogen (secondary N) is 1. The summed E-state index contributed by atoms with van der Waals surface area (Å²) in [7, 11) is -3.42. The Morgan fingerprint density at radius 1 is 1.25 bits per heavy atom. The highest BCUT2D eigenvalue weighted by molar-refractivity contribution is 7.89. The molecule has 2 aromatic rings. The Balaban J connectivity index is 0.00000169. The number of halogens is 1. The van der Waals surface area contributed by atoms with Gasteiger partial charge in [-0.2, -0.15) is 4.31 Å². The van der Waals surface area contributed by atoms with E-state index < -0.39 is 10.0 Å². The molecule has 5 nitrogen and oxygen atoms in total. The fraction of sp³-hybridized carbons (Fsp3) is 0.438. The predicted molar refractivity (Wildman–Crippen MR) is 98.1 cm³/mol. The van der Waals surface area contributed by atoms with Crippen LogP contribution in [-0.2, 0) is 10.0 Å². The van der Waals surface area contributed by atoms with Gasteiger partial charge in [-0.1, -0.05) is 12.1 Å². The van der Waals surface area contributed by atoms with Crippen LogP contribution in [0.1, 0.15) is 5.69 Å². The van der Waals surface area contributed by atoms with Crippen LogP contribution in [0.2, 0.25) is 0 Å². The molecule has 4 rings (SSSR count). The standard InChI is InChI=1S/C16H19N3O2S2.ClH/c1-11-10-22-16(18-11)12-3-2-4-15(5-12)23(20,21)19-8-13-6-17-7-14(13)9-19;/h2-5,10,13-14,17H,6-9H2,1H3;1H/t13-,14+;. The number of aryl methyl sites for hydroxylation is 1. The Morgan fingerprint density at radius 2 is 1.96 bits per heavy atom. The Kier molecular flexibility index (Phi) is 4.99. The summed E-state index contributed by atoms with van der Waals surface area (Å²) in [6.45, 7) is 5.04. The Morgan fingerprint density at radius 3 is 2.58 bits per heavy atom. The van der Waals surface area contributed by atoms with Crippen molar-refractivity contribution >= 4 is 33.8 Å². The molecule has 130 valence electrons. The minimum Gasteiger partial charge on any atom is -0.316 e. The molecule has 8 heteroatoms. The SMILES string of the molecule is Cc1csc(-c2cccc(S(=O)(=O)N3C[C@H]4CNC[C@H]4C3)c2)n1.Cl. The van der Waals surface area contributed by atoms with E-state index in [2.05, 4.69) is 10.3 Å². The molecular formula is C16H20ClN3O2S2. The first kappa shape index (κ1) is 17.8. The second-order valence-corrected chi connectivity index (χ2v) is 9.12. The van der Waals surface area contributed by atoms with Crippen LogP contribution in [0.25, 0.3) is 10.6 Å². The number of hydrogen-bond acceptors (Lipinski definition) is 5. The first-order valence-electron chi connectivity index (χ1n) is 7.77. The lowest BCUT2D eigenvalue weighted by Gasteiger charge is -2.17. The Hall–Kier alpha value is -0.990. The summed E-state index contributed by atoms with van der Waals surface area (Å²) in [6.07, 6.45) is 0. The van der Waals surface area contributed by atoms with Crippen LogP contribution in [0.15, 0.2) is 34.5 Å². The van der Waals surface area contributed by atoms with Crippen molar-refractivity contribution in [2.24, 2.45) is 11.8 Å². The zero-order chi connectivity index (χ0) is 16.0. The minimum absolute atomic E-state index is 0. The molecule has 2 saturated heterocycles. The van der Waals surface area contributed by atoms with Crippen molar-refractivity contribution in [3.63, 3.8) is 0 Å². The fourth-order valence-electron chi connectivity index (χ4n) is 3.43. The maximum absolute atomic E-state index is 12.9. The number of fused-ring (bicyclic) bond motifs is 1. The second-order valence-electron chi connectivity index (χ2n) is 6.32. The van der Waals surface area contributed by atoms with E-state index in [0.717, 1.165) is 29.4 Å². The highest BCUT2D eigenvalue weighted by atomic mass is 35.5. The van der Waals surface area contributed by atoms with Crippen LogP contribution in [0.4, 0.5) is 0 Å². The van der Waals surface area contributed by atoms with Gasteiger partial charge in [-0.25, -0.2) is 13.4 Å². The molecule has 1 aromatic carbocycles. The summed E-state index contributed by atoms with van der Waals surface area (Å²) in [4.78, 5) is 4.82. The number of aromatic nitrogens is 1. The molecule has 0 saturated carbocycles. The van der Waals surface area contributed by atoms with Crippen LogP contribution in [0, 0.1) is 18.8 Å². The topological polar surface area (TPSA) is 62.3 Å². The highest BCUT2D eigenvalue weighted by Gasteiger charge is 2.41. The quantitative estimate of drug-likeness (QED) is 0.881. The van der Waals surface area contributed by atoms with Gasteiger partial charge in [0, 0.05) is 29.7 Å². The highest BCUT2D eigenvalue weighted by Crippen LogP contribution is 2.32. The monoisotopic (exact) mass is 385 g/mol. The Labute approximate surface area is 152 Å². The summed E-state index contributed by atoms with van der Waals surface area (Å²) >= 11 is 1.54. The molecule has 0 aliphatic carbocycles. The maximum Gasteiger partial charge on any atom is 0.243 e. The molecule has 0 radical (unpaired) electrons. The van der Waals surface area contributed by atoms with E-state index in [9.17, 15) is 8.42 Å². The van der Waals surface area contributed by atoms with E-state index in [-0.39, 0.29) is 12.4 Å². The summed E-state index contributed by atoms with van der Waals surface area (Å²) < 4.78 is 27.5. The molecule has 1 aromatic heterocycles. The normalized spacial score (nSPS) is 23.9. The van der Waals surface area contributed by atoms with Gasteiger partial charge < -0.3 is 5.32 Å². The van der Waals surface area contributed by atoms with Crippen LogP contribution in [0.3, 0.4) is 0 Å². The van der Waals surface area contributed by atoms with Gasteiger partial charge in [0.25, 0.3) is 0 Å². The second kappa shape index (κ2) is 6.72. The van der Waals surface area contributed by atoms with Crippen LogP contribution < -0.4 is 5.32 Å². The van der Waals surface area contributed by atoms with Crippen LogP contribution >= 0.6 is 23.7 Å². The third-order valence-electron chi connectivity index (χ3n) is 4.69. The molecule has 0 bridgehead atoms. The van der Waals surface area contributed by atoms with Crippen LogP contribution in [0.5, 0.6) is 0 Å². The molecule has 2 fully saturated rings. The van der Waals surface area contributed by atoms with Crippen molar-refractivity contribution in [2.75, 3.05) is 26.2 Å². The number of thiazole rings is 1. The molecule has 1 N–H and O–H groups in total. The number of rotatable bonds is 3. The lowest BCUT2D eigenvalue weighted by Crippen LogP contribution is -2.31. The maximum atomic E-state index is 12.9. The number of nitrogens with zero attached hydrogens (tertiary/aromatic N) is 2. The summed E-state index contributed by atoms with van der Waals surface area (Å²) in [5.74, 6) is 0.907. The van der Waals surface area contributed by atoms with E-state index in [1.807, 2.05) is 18.4 Å². The largest absolute Gasteiger partial charge is 0.316 e. The first-order valence-corrected chi connectivity index (χ1v) is 10.1. The molecule has 3 heterocycles. The van der Waals surface area contributed by atoms with E-state index in [4.69, 9.17) is 0 Å². The predicted octanol–water partition coefficient (Wildman–Crippen LogP) is 2.38. The van der Waals surface area contributed by atoms with Crippen molar-refractivity contribution in [3.8, 4) is 10.6 Å². The third kappa shape index (κ3) is 3.11. The zero-order valence-corrected chi connectivity index (χ0v) is 15.8. The van der Waals surface area contributed by atoms with Crippen LogP contribution in [-0.4, -0.2) is 43.9 Å². The Bertz CT molecular complexity index is 825. The van der Waals surface area contributed by atoms with Crippen molar-refractivity contribution in [1.29, 1.82) is 0 Å². The van der Waals surface area contributed by atoms with Gasteiger partial charge in [0.05, 0.1) is 4.90 Å². The first-order chi connectivity index (χ1) is 11.0. The lowest BCUT2D eigenvalue weighted by atomic mass is 10.0. The summed E-state index contributed by atoms with van der Waals surface area (Å²) in [6, 6.07) is 7.16. The van der Waals surface area contributed by atoms with Gasteiger partial charge in [0.2, 0.25) is 10.0 Å². The van der Waals surface area contributed by atoms with Gasteiger partial charge >= 0.3 is 0 Å². The zero-order valence-electron chi connectivity index (χ0n) is 13.3. The molecule has 2 atom stereocenters. The molecule has 0 unspecified atom stereocenters. The van der Waals surface area contributed by atoms with Gasteiger partial charge in [-0.05, 0) is 44.0 Å². The van der Waals surface area contributed by atoms with E-state index in [1.165, 1.54) is 11.3 Å². The van der Waals surface area contributed by atoms with Crippen molar-refractivity contribution < 1.29 is 8.42 Å². The molecule has 2 aliphatic heterocycles.